The highest BCUT2D eigenvalue weighted by atomic mass is 35.5. The zero-order valence-corrected chi connectivity index (χ0v) is 11.9. The molecule has 2 aromatic rings. The molecule has 3 heteroatoms. The standard InChI is InChI=1S/C17H14ClNO/c1-3-11-4-6-12(7-5-11)14-8-13-10(2)17(20)19-16(13)9-15(14)18/h4-9H,2-3H2,1H3,(H,19,20). The van der Waals surface area contributed by atoms with E-state index in [-0.39, 0.29) is 5.91 Å². The maximum absolute atomic E-state index is 11.6. The summed E-state index contributed by atoms with van der Waals surface area (Å²) in [5.41, 5.74) is 5.30. The van der Waals surface area contributed by atoms with E-state index < -0.39 is 0 Å². The number of halogens is 1. The summed E-state index contributed by atoms with van der Waals surface area (Å²) in [5, 5.41) is 3.39. The molecule has 3 rings (SSSR count). The van der Waals surface area contributed by atoms with Crippen molar-refractivity contribution in [3.8, 4) is 11.1 Å². The zero-order chi connectivity index (χ0) is 14.3. The van der Waals surface area contributed by atoms with Crippen LogP contribution in [0.2, 0.25) is 5.02 Å². The number of rotatable bonds is 2. The monoisotopic (exact) mass is 283 g/mol. The van der Waals surface area contributed by atoms with Crippen molar-refractivity contribution in [1.82, 2.24) is 0 Å². The first kappa shape index (κ1) is 12.9. The quantitative estimate of drug-likeness (QED) is 0.806. The molecular weight excluding hydrogens is 270 g/mol. The minimum Gasteiger partial charge on any atom is -0.321 e. The molecule has 1 aliphatic rings. The van der Waals surface area contributed by atoms with Crippen LogP contribution < -0.4 is 5.32 Å². The van der Waals surface area contributed by atoms with Gasteiger partial charge in [-0.15, -0.1) is 0 Å². The second kappa shape index (κ2) is 4.80. The van der Waals surface area contributed by atoms with Gasteiger partial charge in [-0.1, -0.05) is 49.4 Å². The molecule has 0 bridgehead atoms. The third-order valence-electron chi connectivity index (χ3n) is 3.63. The molecular formula is C17H14ClNO. The number of hydrogen-bond acceptors (Lipinski definition) is 1. The summed E-state index contributed by atoms with van der Waals surface area (Å²) in [7, 11) is 0. The van der Waals surface area contributed by atoms with E-state index in [0.717, 1.165) is 28.8 Å². The second-order valence-corrected chi connectivity index (χ2v) is 5.27. The summed E-state index contributed by atoms with van der Waals surface area (Å²) >= 11 is 6.33. The lowest BCUT2D eigenvalue weighted by Gasteiger charge is -2.08. The lowest BCUT2D eigenvalue weighted by molar-refractivity contribution is -0.110. The fraction of sp³-hybridized carbons (Fsp3) is 0.118. The first-order valence-corrected chi connectivity index (χ1v) is 6.91. The third-order valence-corrected chi connectivity index (χ3v) is 3.94. The maximum Gasteiger partial charge on any atom is 0.255 e. The number of hydrogen-bond donors (Lipinski definition) is 1. The molecule has 0 spiro atoms. The van der Waals surface area contributed by atoms with Crippen molar-refractivity contribution < 1.29 is 4.79 Å². The molecule has 20 heavy (non-hydrogen) atoms. The van der Waals surface area contributed by atoms with E-state index in [0.29, 0.717) is 10.6 Å². The topological polar surface area (TPSA) is 29.1 Å². The molecule has 0 saturated carbocycles. The van der Waals surface area contributed by atoms with Crippen molar-refractivity contribution in [3.63, 3.8) is 0 Å². The number of carbonyl (C=O) groups excluding carboxylic acids is 1. The summed E-state index contributed by atoms with van der Waals surface area (Å²) in [6, 6.07) is 12.0. The van der Waals surface area contributed by atoms with Crippen molar-refractivity contribution in [3.05, 3.63) is 59.1 Å². The van der Waals surface area contributed by atoms with Gasteiger partial charge in [0.15, 0.2) is 0 Å². The highest BCUT2D eigenvalue weighted by molar-refractivity contribution is 6.36. The Kier molecular flexibility index (Phi) is 3.11. The number of amides is 1. The first-order valence-electron chi connectivity index (χ1n) is 6.53. The van der Waals surface area contributed by atoms with Gasteiger partial charge in [-0.05, 0) is 29.7 Å². The number of benzene rings is 2. The Bertz CT molecular complexity index is 717. The lowest BCUT2D eigenvalue weighted by Crippen LogP contribution is -2.02. The number of aryl methyl sites for hydroxylation is 1. The van der Waals surface area contributed by atoms with Gasteiger partial charge in [-0.2, -0.15) is 0 Å². The Hall–Kier alpha value is -2.06. The smallest absolute Gasteiger partial charge is 0.255 e. The van der Waals surface area contributed by atoms with Crippen molar-refractivity contribution in [1.29, 1.82) is 0 Å². The van der Waals surface area contributed by atoms with E-state index in [1.807, 2.05) is 6.07 Å². The molecule has 0 aromatic heterocycles. The fourth-order valence-corrected chi connectivity index (χ4v) is 2.66. The highest BCUT2D eigenvalue weighted by Gasteiger charge is 2.24. The number of anilines is 1. The molecule has 2 aromatic carbocycles. The molecule has 0 radical (unpaired) electrons. The Morgan fingerprint density at radius 2 is 1.85 bits per heavy atom. The molecule has 1 aliphatic heterocycles. The first-order chi connectivity index (χ1) is 9.60. The van der Waals surface area contributed by atoms with Crippen LogP contribution in [-0.2, 0) is 11.2 Å². The van der Waals surface area contributed by atoms with Gasteiger partial charge in [0.25, 0.3) is 5.91 Å². The highest BCUT2D eigenvalue weighted by Crippen LogP contribution is 2.39. The molecule has 0 unspecified atom stereocenters. The molecule has 0 atom stereocenters. The van der Waals surface area contributed by atoms with Crippen molar-refractivity contribution in [2.75, 3.05) is 5.32 Å². The number of nitrogens with one attached hydrogen (secondary N) is 1. The van der Waals surface area contributed by atoms with Gasteiger partial charge in [0, 0.05) is 16.7 Å². The van der Waals surface area contributed by atoms with E-state index >= 15 is 0 Å². The van der Waals surface area contributed by atoms with Crippen molar-refractivity contribution >= 4 is 28.8 Å². The SMILES string of the molecule is C=C1C(=O)Nc2cc(Cl)c(-c3ccc(CC)cc3)cc21. The van der Waals surface area contributed by atoms with Crippen molar-refractivity contribution in [2.45, 2.75) is 13.3 Å². The van der Waals surface area contributed by atoms with Crippen LogP contribution in [0.4, 0.5) is 5.69 Å². The van der Waals surface area contributed by atoms with Crippen LogP contribution in [0, 0.1) is 0 Å². The molecule has 2 nitrogen and oxygen atoms in total. The fourth-order valence-electron chi connectivity index (χ4n) is 2.39. The van der Waals surface area contributed by atoms with E-state index in [9.17, 15) is 4.79 Å². The van der Waals surface area contributed by atoms with Crippen LogP contribution in [0.5, 0.6) is 0 Å². The average molecular weight is 284 g/mol. The van der Waals surface area contributed by atoms with E-state index in [1.54, 1.807) is 6.07 Å². The van der Waals surface area contributed by atoms with Crippen LogP contribution in [-0.4, -0.2) is 5.91 Å². The van der Waals surface area contributed by atoms with Gasteiger partial charge in [-0.3, -0.25) is 4.79 Å². The molecule has 1 amide bonds. The minimum absolute atomic E-state index is 0.158. The van der Waals surface area contributed by atoms with E-state index in [1.165, 1.54) is 5.56 Å². The maximum atomic E-state index is 11.6. The summed E-state index contributed by atoms with van der Waals surface area (Å²) in [6.45, 7) is 5.94. The summed E-state index contributed by atoms with van der Waals surface area (Å²) in [6.07, 6.45) is 1.01. The molecule has 0 aliphatic carbocycles. The largest absolute Gasteiger partial charge is 0.321 e. The summed E-state index contributed by atoms with van der Waals surface area (Å²) in [5.74, 6) is -0.158. The molecule has 0 fully saturated rings. The van der Waals surface area contributed by atoms with E-state index in [4.69, 9.17) is 11.6 Å². The van der Waals surface area contributed by atoms with Gasteiger partial charge in [0.2, 0.25) is 0 Å². The average Bonchev–Trinajstić information content (AvgIpc) is 2.73. The van der Waals surface area contributed by atoms with Gasteiger partial charge in [0.1, 0.15) is 0 Å². The molecule has 1 heterocycles. The van der Waals surface area contributed by atoms with E-state index in [2.05, 4.69) is 43.1 Å². The lowest BCUT2D eigenvalue weighted by atomic mass is 9.99. The number of carbonyl (C=O) groups is 1. The molecule has 1 N–H and O–H groups in total. The van der Waals surface area contributed by atoms with Crippen LogP contribution in [0.15, 0.2) is 43.0 Å². The van der Waals surface area contributed by atoms with Crippen LogP contribution in [0.25, 0.3) is 16.7 Å². The van der Waals surface area contributed by atoms with Crippen LogP contribution in [0.1, 0.15) is 18.1 Å². The Labute approximate surface area is 123 Å². The molecule has 0 saturated heterocycles. The Balaban J connectivity index is 2.10. The van der Waals surface area contributed by atoms with Gasteiger partial charge in [0.05, 0.1) is 10.7 Å². The zero-order valence-electron chi connectivity index (χ0n) is 11.2. The third kappa shape index (κ3) is 2.02. The molecule has 100 valence electrons. The summed E-state index contributed by atoms with van der Waals surface area (Å²) < 4.78 is 0. The number of fused-ring (bicyclic) bond motifs is 1. The predicted molar refractivity (Wildman–Crippen MR) is 83.9 cm³/mol. The second-order valence-electron chi connectivity index (χ2n) is 4.86. The van der Waals surface area contributed by atoms with Gasteiger partial charge >= 0.3 is 0 Å². The van der Waals surface area contributed by atoms with Gasteiger partial charge in [-0.25, -0.2) is 0 Å². The Morgan fingerprint density at radius 3 is 2.50 bits per heavy atom. The Morgan fingerprint density at radius 1 is 1.15 bits per heavy atom. The van der Waals surface area contributed by atoms with Gasteiger partial charge < -0.3 is 5.32 Å². The van der Waals surface area contributed by atoms with Crippen molar-refractivity contribution in [2.24, 2.45) is 0 Å². The van der Waals surface area contributed by atoms with Crippen LogP contribution >= 0.6 is 11.6 Å². The summed E-state index contributed by atoms with van der Waals surface area (Å²) in [4.78, 5) is 11.6. The normalized spacial score (nSPS) is 13.3. The minimum atomic E-state index is -0.158. The predicted octanol–water partition coefficient (Wildman–Crippen LogP) is 4.53. The van der Waals surface area contributed by atoms with Crippen LogP contribution in [0.3, 0.4) is 0 Å².